The van der Waals surface area contributed by atoms with Crippen LogP contribution in [0.2, 0.25) is 0 Å². The van der Waals surface area contributed by atoms with E-state index in [1.165, 1.54) is 19.4 Å². The Morgan fingerprint density at radius 2 is 2.17 bits per heavy atom. The van der Waals surface area contributed by atoms with Gasteiger partial charge in [0.2, 0.25) is 0 Å². The molecule has 1 aliphatic carbocycles. The van der Waals surface area contributed by atoms with E-state index in [4.69, 9.17) is 0 Å². The van der Waals surface area contributed by atoms with E-state index in [1.54, 1.807) is 11.1 Å². The van der Waals surface area contributed by atoms with Crippen molar-refractivity contribution in [3.8, 4) is 0 Å². The van der Waals surface area contributed by atoms with Crippen molar-refractivity contribution in [1.29, 1.82) is 0 Å². The molecule has 1 nitrogen and oxygen atoms in total. The lowest BCUT2D eigenvalue weighted by molar-refractivity contribution is 0.589. The molecule has 0 aromatic heterocycles. The lowest BCUT2D eigenvalue weighted by Crippen LogP contribution is -2.23. The van der Waals surface area contributed by atoms with Gasteiger partial charge in [0.1, 0.15) is 0 Å². The molecular weight excluding hydrogens is 146 g/mol. The summed E-state index contributed by atoms with van der Waals surface area (Å²) < 4.78 is 0. The SMILES string of the molecule is c1ccc2c(c1)CC1NCCC21. The van der Waals surface area contributed by atoms with Crippen molar-refractivity contribution < 1.29 is 0 Å². The molecule has 0 amide bonds. The van der Waals surface area contributed by atoms with E-state index in [2.05, 4.69) is 29.6 Å². The highest BCUT2D eigenvalue weighted by molar-refractivity contribution is 5.38. The third-order valence-electron chi connectivity index (χ3n) is 3.24. The van der Waals surface area contributed by atoms with E-state index in [0.29, 0.717) is 0 Å². The second kappa shape index (κ2) is 2.33. The van der Waals surface area contributed by atoms with Gasteiger partial charge in [0, 0.05) is 12.0 Å². The van der Waals surface area contributed by atoms with Crippen LogP contribution in [0.5, 0.6) is 0 Å². The Hall–Kier alpha value is -0.820. The van der Waals surface area contributed by atoms with E-state index in [1.807, 2.05) is 0 Å². The molecule has 1 aromatic carbocycles. The average molecular weight is 159 g/mol. The maximum atomic E-state index is 3.57. The van der Waals surface area contributed by atoms with Crippen LogP contribution in [0.15, 0.2) is 24.3 Å². The molecule has 62 valence electrons. The zero-order chi connectivity index (χ0) is 7.97. The molecule has 3 rings (SSSR count). The average Bonchev–Trinajstić information content (AvgIpc) is 2.62. The molecule has 1 saturated heterocycles. The predicted molar refractivity (Wildman–Crippen MR) is 49.3 cm³/mol. The second-order valence-electron chi connectivity index (χ2n) is 3.86. The zero-order valence-electron chi connectivity index (χ0n) is 7.09. The van der Waals surface area contributed by atoms with E-state index in [9.17, 15) is 0 Å². The highest BCUT2D eigenvalue weighted by Gasteiger charge is 2.34. The maximum absolute atomic E-state index is 3.57. The van der Waals surface area contributed by atoms with Gasteiger partial charge in [-0.05, 0) is 30.5 Å². The van der Waals surface area contributed by atoms with Gasteiger partial charge in [-0.3, -0.25) is 0 Å². The topological polar surface area (TPSA) is 12.0 Å². The molecule has 2 aliphatic rings. The van der Waals surface area contributed by atoms with E-state index >= 15 is 0 Å². The molecule has 1 aromatic rings. The van der Waals surface area contributed by atoms with E-state index in [0.717, 1.165) is 12.0 Å². The summed E-state index contributed by atoms with van der Waals surface area (Å²) in [5.41, 5.74) is 3.17. The molecule has 1 heteroatoms. The highest BCUT2D eigenvalue weighted by Crippen LogP contribution is 2.38. The van der Waals surface area contributed by atoms with Crippen molar-refractivity contribution in [3.05, 3.63) is 35.4 Å². The largest absolute Gasteiger partial charge is 0.313 e. The number of rotatable bonds is 0. The molecule has 0 spiro atoms. The molecule has 2 unspecified atom stereocenters. The number of hydrogen-bond donors (Lipinski definition) is 1. The third kappa shape index (κ3) is 0.774. The van der Waals surface area contributed by atoms with E-state index < -0.39 is 0 Å². The minimum atomic E-state index is 0.752. The number of benzene rings is 1. The smallest absolute Gasteiger partial charge is 0.0177 e. The Kier molecular flexibility index (Phi) is 1.30. The van der Waals surface area contributed by atoms with Crippen molar-refractivity contribution in [3.63, 3.8) is 0 Å². The minimum absolute atomic E-state index is 0.752. The number of nitrogens with one attached hydrogen (secondary N) is 1. The Morgan fingerprint density at radius 3 is 3.17 bits per heavy atom. The first-order valence-corrected chi connectivity index (χ1v) is 4.76. The van der Waals surface area contributed by atoms with Crippen molar-refractivity contribution in [2.75, 3.05) is 6.54 Å². The first-order valence-electron chi connectivity index (χ1n) is 4.76. The molecule has 2 atom stereocenters. The summed E-state index contributed by atoms with van der Waals surface area (Å²) in [6.07, 6.45) is 2.59. The molecular formula is C11H13N. The summed E-state index contributed by atoms with van der Waals surface area (Å²) in [7, 11) is 0. The summed E-state index contributed by atoms with van der Waals surface area (Å²) in [6.45, 7) is 1.21. The van der Waals surface area contributed by atoms with Crippen LogP contribution in [-0.4, -0.2) is 12.6 Å². The van der Waals surface area contributed by atoms with Gasteiger partial charge in [0.25, 0.3) is 0 Å². The van der Waals surface area contributed by atoms with Crippen molar-refractivity contribution in [1.82, 2.24) is 5.32 Å². The fraction of sp³-hybridized carbons (Fsp3) is 0.455. The van der Waals surface area contributed by atoms with Crippen LogP contribution in [0, 0.1) is 0 Å². The second-order valence-corrected chi connectivity index (χ2v) is 3.86. The van der Waals surface area contributed by atoms with Crippen LogP contribution in [-0.2, 0) is 6.42 Å². The normalized spacial score (nSPS) is 31.7. The predicted octanol–water partition coefficient (Wildman–Crippen LogP) is 1.69. The molecule has 12 heavy (non-hydrogen) atoms. The van der Waals surface area contributed by atoms with Crippen molar-refractivity contribution in [2.24, 2.45) is 0 Å². The molecule has 1 aliphatic heterocycles. The third-order valence-corrected chi connectivity index (χ3v) is 3.24. The van der Waals surface area contributed by atoms with Crippen LogP contribution in [0.25, 0.3) is 0 Å². The summed E-state index contributed by atoms with van der Waals surface area (Å²) in [5.74, 6) is 0.821. The first kappa shape index (κ1) is 6.67. The summed E-state index contributed by atoms with van der Waals surface area (Å²) in [6, 6.07) is 9.64. The Bertz CT molecular complexity index is 306. The fourth-order valence-corrected chi connectivity index (χ4v) is 2.67. The maximum Gasteiger partial charge on any atom is 0.0177 e. The van der Waals surface area contributed by atoms with Crippen LogP contribution >= 0.6 is 0 Å². The summed E-state index contributed by atoms with van der Waals surface area (Å²) >= 11 is 0. The number of fused-ring (bicyclic) bond motifs is 3. The summed E-state index contributed by atoms with van der Waals surface area (Å²) in [5, 5.41) is 3.57. The Labute approximate surface area is 72.8 Å². The van der Waals surface area contributed by atoms with E-state index in [-0.39, 0.29) is 0 Å². The van der Waals surface area contributed by atoms with Gasteiger partial charge < -0.3 is 5.32 Å². The monoisotopic (exact) mass is 159 g/mol. The van der Waals surface area contributed by atoms with Crippen molar-refractivity contribution in [2.45, 2.75) is 24.8 Å². The van der Waals surface area contributed by atoms with Crippen LogP contribution in [0.3, 0.4) is 0 Å². The zero-order valence-corrected chi connectivity index (χ0v) is 7.09. The Balaban J connectivity index is 2.09. The van der Waals surface area contributed by atoms with Gasteiger partial charge >= 0.3 is 0 Å². The molecule has 1 N–H and O–H groups in total. The molecule has 1 heterocycles. The molecule has 0 saturated carbocycles. The van der Waals surface area contributed by atoms with Gasteiger partial charge in [-0.2, -0.15) is 0 Å². The molecule has 1 fully saturated rings. The van der Waals surface area contributed by atoms with Crippen LogP contribution in [0.4, 0.5) is 0 Å². The van der Waals surface area contributed by atoms with Crippen LogP contribution in [0.1, 0.15) is 23.5 Å². The molecule has 0 radical (unpaired) electrons. The van der Waals surface area contributed by atoms with Crippen LogP contribution < -0.4 is 5.32 Å². The lowest BCUT2D eigenvalue weighted by Gasteiger charge is -2.07. The highest BCUT2D eigenvalue weighted by atomic mass is 15.0. The Morgan fingerprint density at radius 1 is 1.25 bits per heavy atom. The standard InChI is InChI=1S/C11H13N/c1-2-4-9-8(3-1)7-11-10(9)5-6-12-11/h1-4,10-12H,5-7H2. The van der Waals surface area contributed by atoms with Gasteiger partial charge in [-0.1, -0.05) is 24.3 Å². The van der Waals surface area contributed by atoms with Crippen molar-refractivity contribution >= 4 is 0 Å². The number of hydrogen-bond acceptors (Lipinski definition) is 1. The minimum Gasteiger partial charge on any atom is -0.313 e. The first-order chi connectivity index (χ1) is 5.95. The van der Waals surface area contributed by atoms with Gasteiger partial charge in [0.05, 0.1) is 0 Å². The van der Waals surface area contributed by atoms with Gasteiger partial charge in [-0.25, -0.2) is 0 Å². The van der Waals surface area contributed by atoms with Gasteiger partial charge in [-0.15, -0.1) is 0 Å². The molecule has 0 bridgehead atoms. The fourth-order valence-electron chi connectivity index (χ4n) is 2.67. The summed E-state index contributed by atoms with van der Waals surface area (Å²) in [4.78, 5) is 0. The lowest BCUT2D eigenvalue weighted by atomic mass is 9.99. The van der Waals surface area contributed by atoms with Gasteiger partial charge in [0.15, 0.2) is 0 Å². The quantitative estimate of drug-likeness (QED) is 0.607.